The first-order valence-corrected chi connectivity index (χ1v) is 9.00. The second kappa shape index (κ2) is 6.47. The van der Waals surface area contributed by atoms with E-state index < -0.39 is 17.6 Å². The summed E-state index contributed by atoms with van der Waals surface area (Å²) in [4.78, 5) is 29.3. The van der Waals surface area contributed by atoms with Crippen LogP contribution >= 0.6 is 0 Å². The summed E-state index contributed by atoms with van der Waals surface area (Å²) >= 11 is 0. The van der Waals surface area contributed by atoms with Crippen LogP contribution in [-0.4, -0.2) is 56.8 Å². The van der Waals surface area contributed by atoms with E-state index in [0.29, 0.717) is 36.7 Å². The molecule has 28 heavy (non-hydrogen) atoms. The van der Waals surface area contributed by atoms with Crippen LogP contribution in [0.3, 0.4) is 0 Å². The fourth-order valence-corrected chi connectivity index (χ4v) is 4.21. The minimum absolute atomic E-state index is 0.0214. The Hall–Kier alpha value is -2.62. The van der Waals surface area contributed by atoms with Crippen LogP contribution in [-0.2, 0) is 4.79 Å². The summed E-state index contributed by atoms with van der Waals surface area (Å²) in [7, 11) is 0. The van der Waals surface area contributed by atoms with E-state index in [4.69, 9.17) is 0 Å². The molecule has 2 aliphatic rings. The standard InChI is InChI=1S/C18H19F3N4O3/c19-18(20,21)16(28)24-5-3-17(4-6-24)8-11(9-23-17)25-10-22-14-2-1-12(26)7-13(14)15(25)27/h1-2,7,10-11,23,26H,3-6,8-9H2. The molecule has 1 aromatic heterocycles. The monoisotopic (exact) mass is 396 g/mol. The van der Waals surface area contributed by atoms with Gasteiger partial charge in [-0.1, -0.05) is 0 Å². The number of fused-ring (bicyclic) bond motifs is 1. The Bertz CT molecular complexity index is 980. The lowest BCUT2D eigenvalue weighted by Crippen LogP contribution is -2.53. The molecular formula is C18H19F3N4O3. The normalized spacial score (nSPS) is 22.1. The van der Waals surface area contributed by atoms with Gasteiger partial charge < -0.3 is 15.3 Å². The van der Waals surface area contributed by atoms with E-state index in [-0.39, 0.29) is 30.4 Å². The number of hydrogen-bond acceptors (Lipinski definition) is 5. The quantitative estimate of drug-likeness (QED) is 0.764. The number of hydrogen-bond donors (Lipinski definition) is 2. The number of likely N-dealkylation sites (tertiary alicyclic amines) is 1. The van der Waals surface area contributed by atoms with Crippen molar-refractivity contribution in [3.05, 3.63) is 34.9 Å². The molecule has 1 amide bonds. The van der Waals surface area contributed by atoms with Crippen LogP contribution < -0.4 is 10.9 Å². The maximum atomic E-state index is 12.8. The largest absolute Gasteiger partial charge is 0.508 e. The lowest BCUT2D eigenvalue weighted by Gasteiger charge is -2.39. The number of halogens is 3. The number of piperidine rings is 1. The van der Waals surface area contributed by atoms with Gasteiger partial charge in [0.1, 0.15) is 5.75 Å². The van der Waals surface area contributed by atoms with Crippen LogP contribution in [0.4, 0.5) is 13.2 Å². The van der Waals surface area contributed by atoms with Crippen LogP contribution in [0.1, 0.15) is 25.3 Å². The van der Waals surface area contributed by atoms with E-state index in [9.17, 15) is 27.9 Å². The highest BCUT2D eigenvalue weighted by atomic mass is 19.4. The molecule has 0 aliphatic carbocycles. The number of rotatable bonds is 1. The SMILES string of the molecule is O=C(N1CCC2(CC1)CC(n1cnc3ccc(O)cc3c1=O)CN2)C(F)(F)F. The Morgan fingerprint density at radius 3 is 2.68 bits per heavy atom. The van der Waals surface area contributed by atoms with E-state index >= 15 is 0 Å². The van der Waals surface area contributed by atoms with Crippen LogP contribution in [0, 0.1) is 0 Å². The third kappa shape index (κ3) is 3.21. The third-order valence-corrected chi connectivity index (χ3v) is 5.75. The highest BCUT2D eigenvalue weighted by Gasteiger charge is 2.47. The van der Waals surface area contributed by atoms with Gasteiger partial charge in [-0.2, -0.15) is 13.2 Å². The number of nitrogens with one attached hydrogen (secondary N) is 1. The highest BCUT2D eigenvalue weighted by molar-refractivity contribution is 5.82. The molecule has 150 valence electrons. The number of aromatic hydroxyl groups is 1. The lowest BCUT2D eigenvalue weighted by atomic mass is 9.85. The number of benzene rings is 1. The van der Waals surface area contributed by atoms with Gasteiger partial charge >= 0.3 is 12.1 Å². The van der Waals surface area contributed by atoms with Gasteiger partial charge in [0.05, 0.1) is 23.3 Å². The molecule has 1 unspecified atom stereocenters. The Labute approximate surface area is 157 Å². The zero-order chi connectivity index (χ0) is 20.1. The number of phenolic OH excluding ortho intramolecular Hbond substituents is 1. The number of aromatic nitrogens is 2. The van der Waals surface area contributed by atoms with E-state index in [0.717, 1.165) is 4.90 Å². The summed E-state index contributed by atoms with van der Waals surface area (Å²) in [5.41, 5.74) is -0.187. The molecule has 2 N–H and O–H groups in total. The Balaban J connectivity index is 1.51. The van der Waals surface area contributed by atoms with E-state index in [1.165, 1.54) is 23.0 Å². The summed E-state index contributed by atoms with van der Waals surface area (Å²) in [6.07, 6.45) is -2.04. The molecule has 10 heteroatoms. The lowest BCUT2D eigenvalue weighted by molar-refractivity contribution is -0.187. The van der Waals surface area contributed by atoms with Crippen LogP contribution in [0.15, 0.2) is 29.3 Å². The zero-order valence-electron chi connectivity index (χ0n) is 14.9. The third-order valence-electron chi connectivity index (χ3n) is 5.75. The highest BCUT2D eigenvalue weighted by Crippen LogP contribution is 2.36. The summed E-state index contributed by atoms with van der Waals surface area (Å²) < 4.78 is 39.4. The van der Waals surface area contributed by atoms with Crippen molar-refractivity contribution in [3.63, 3.8) is 0 Å². The second-order valence-corrected chi connectivity index (χ2v) is 7.47. The molecule has 3 heterocycles. The van der Waals surface area contributed by atoms with Gasteiger partial charge in [0.15, 0.2) is 0 Å². The predicted octanol–water partition coefficient (Wildman–Crippen LogP) is 1.56. The van der Waals surface area contributed by atoms with Crippen molar-refractivity contribution < 1.29 is 23.1 Å². The van der Waals surface area contributed by atoms with Gasteiger partial charge in [0, 0.05) is 25.2 Å². The topological polar surface area (TPSA) is 87.5 Å². The number of alkyl halides is 3. The molecule has 1 atom stereocenters. The summed E-state index contributed by atoms with van der Waals surface area (Å²) in [5, 5.41) is 13.3. The van der Waals surface area contributed by atoms with Gasteiger partial charge in [-0.05, 0) is 37.5 Å². The van der Waals surface area contributed by atoms with Gasteiger partial charge in [0.25, 0.3) is 5.56 Å². The Kier molecular flexibility index (Phi) is 4.33. The van der Waals surface area contributed by atoms with Gasteiger partial charge in [-0.15, -0.1) is 0 Å². The van der Waals surface area contributed by atoms with Gasteiger partial charge in [0.2, 0.25) is 0 Å². The Morgan fingerprint density at radius 1 is 1.29 bits per heavy atom. The van der Waals surface area contributed by atoms with E-state index in [2.05, 4.69) is 10.3 Å². The fraction of sp³-hybridized carbons (Fsp3) is 0.500. The molecule has 7 nitrogen and oxygen atoms in total. The van der Waals surface area contributed by atoms with Crippen LogP contribution in [0.25, 0.3) is 10.9 Å². The first-order chi connectivity index (χ1) is 13.2. The van der Waals surface area contributed by atoms with Crippen molar-refractivity contribution in [2.24, 2.45) is 0 Å². The maximum Gasteiger partial charge on any atom is 0.471 e. The molecule has 1 spiro atoms. The maximum absolute atomic E-state index is 12.8. The number of carbonyl (C=O) groups is 1. The molecule has 2 fully saturated rings. The fourth-order valence-electron chi connectivity index (χ4n) is 4.21. The summed E-state index contributed by atoms with van der Waals surface area (Å²) in [6.45, 7) is 0.534. The molecule has 2 aliphatic heterocycles. The number of nitrogens with zero attached hydrogens (tertiary/aromatic N) is 3. The second-order valence-electron chi connectivity index (χ2n) is 7.47. The predicted molar refractivity (Wildman–Crippen MR) is 93.9 cm³/mol. The van der Waals surface area contributed by atoms with Gasteiger partial charge in [-0.3, -0.25) is 14.2 Å². The molecular weight excluding hydrogens is 377 g/mol. The van der Waals surface area contributed by atoms with Crippen LogP contribution in [0.5, 0.6) is 5.75 Å². The van der Waals surface area contributed by atoms with Crippen molar-refractivity contribution in [1.29, 1.82) is 0 Å². The van der Waals surface area contributed by atoms with Crippen molar-refractivity contribution in [2.45, 2.75) is 37.0 Å². The summed E-state index contributed by atoms with van der Waals surface area (Å²) in [6, 6.07) is 4.21. The molecule has 0 saturated carbocycles. The average Bonchev–Trinajstić information content (AvgIpc) is 3.05. The summed E-state index contributed by atoms with van der Waals surface area (Å²) in [5.74, 6) is -1.82. The number of carbonyl (C=O) groups excluding carboxylic acids is 1. The molecule has 2 saturated heterocycles. The van der Waals surface area contributed by atoms with Crippen LogP contribution in [0.2, 0.25) is 0 Å². The molecule has 1 aromatic carbocycles. The van der Waals surface area contributed by atoms with Crippen molar-refractivity contribution >= 4 is 16.8 Å². The minimum Gasteiger partial charge on any atom is -0.508 e. The number of phenols is 1. The smallest absolute Gasteiger partial charge is 0.471 e. The van der Waals surface area contributed by atoms with E-state index in [1.807, 2.05) is 0 Å². The minimum atomic E-state index is -4.86. The number of amides is 1. The molecule has 2 aromatic rings. The van der Waals surface area contributed by atoms with Crippen molar-refractivity contribution in [1.82, 2.24) is 19.8 Å². The first kappa shape index (κ1) is 18.7. The molecule has 4 rings (SSSR count). The Morgan fingerprint density at radius 2 is 2.00 bits per heavy atom. The van der Waals surface area contributed by atoms with Crippen molar-refractivity contribution in [3.8, 4) is 5.75 Å². The van der Waals surface area contributed by atoms with E-state index in [1.54, 1.807) is 6.07 Å². The molecule has 0 bridgehead atoms. The first-order valence-electron chi connectivity index (χ1n) is 9.00. The molecule has 0 radical (unpaired) electrons. The average molecular weight is 396 g/mol. The van der Waals surface area contributed by atoms with Crippen molar-refractivity contribution in [2.75, 3.05) is 19.6 Å². The zero-order valence-corrected chi connectivity index (χ0v) is 14.9. The van der Waals surface area contributed by atoms with Gasteiger partial charge in [-0.25, -0.2) is 4.98 Å².